The molecular formula is Cr2F9Na2O27P9V2. The summed E-state index contributed by atoms with van der Waals surface area (Å²) in [6.07, 6.45) is 0. The molecule has 51 heavy (non-hydrogen) atoms. The van der Waals surface area contributed by atoms with E-state index in [1.165, 1.54) is 0 Å². The van der Waals surface area contributed by atoms with Gasteiger partial charge in [-0.05, 0) is 0 Å². The third-order valence-electron chi connectivity index (χ3n) is 0. The minimum Gasteiger partial charge on any atom is -0.786 e. The molecule has 51 heteroatoms. The van der Waals surface area contributed by atoms with Gasteiger partial charge in [-0.3, -0.25) is 0 Å². The summed E-state index contributed by atoms with van der Waals surface area (Å²) in [4.78, 5) is 152. The molecule has 0 aromatic rings. The normalized spacial score (nSPS) is 10.4. The summed E-state index contributed by atoms with van der Waals surface area (Å²) in [6.45, 7) is 0. The molecule has 0 fully saturated rings. The molecule has 294 valence electrons. The Morgan fingerprint density at radius 1 is 0.216 bits per heavy atom. The van der Waals surface area contributed by atoms with Gasteiger partial charge in [0.2, 0.25) is 0 Å². The largest absolute Gasteiger partial charge is 5.00 e. The van der Waals surface area contributed by atoms with Crippen LogP contribution in [0.25, 0.3) is 0 Å². The van der Waals surface area contributed by atoms with Crippen LogP contribution in [0, 0.1) is 0 Å². The van der Waals surface area contributed by atoms with Crippen molar-refractivity contribution >= 4 is 71.2 Å². The third-order valence-corrected chi connectivity index (χ3v) is 0. The van der Waals surface area contributed by atoms with E-state index in [1.807, 2.05) is 0 Å². The Bertz CT molecular complexity index is 799. The SMILES string of the molecule is O=P([O-])([O-])F.O=P([O-])([O-])F.O=P([O-])([O-])F.O=P([O-])([O-])F.O=P([O-])([O-])F.O=P([O-])([O-])F.O=P([O-])([O-])F.O=P([O-])([O-])F.O=P([O-])([O-])F.[Cr+3].[Cr+3].[Na+].[Na+].[V+5].[V+5]. The molecule has 0 aromatic heterocycles. The Balaban J connectivity index is -0.0000000217. The number of hydrogen-bond donors (Lipinski definition) is 0. The van der Waals surface area contributed by atoms with Crippen molar-refractivity contribution in [2.45, 2.75) is 0 Å². The second kappa shape index (κ2) is 46.0. The second-order valence-electron chi connectivity index (χ2n) is 3.88. The molecule has 0 bridgehead atoms. The maximum atomic E-state index is 10.1. The minimum atomic E-state index is -5.64. The molecule has 0 spiro atoms. The van der Waals surface area contributed by atoms with Gasteiger partial charge in [-0.25, -0.2) is 37.8 Å². The van der Waals surface area contributed by atoms with Crippen molar-refractivity contribution in [3.63, 3.8) is 0 Å². The van der Waals surface area contributed by atoms with Crippen LogP contribution in [0.5, 0.6) is 0 Å². The predicted molar refractivity (Wildman–Crippen MR) is 78.4 cm³/mol. The molecule has 0 aromatic carbocycles. The van der Waals surface area contributed by atoms with Crippen LogP contribution in [-0.2, 0) is 113 Å². The molecule has 0 atom stereocenters. The van der Waals surface area contributed by atoms with Crippen LogP contribution in [0.2, 0.25) is 0 Å². The molecule has 0 saturated carbocycles. The van der Waals surface area contributed by atoms with Crippen molar-refractivity contribution in [2.24, 2.45) is 0 Å². The minimum absolute atomic E-state index is 0. The Morgan fingerprint density at radius 2 is 0.216 bits per heavy atom. The fourth-order valence-electron chi connectivity index (χ4n) is 0. The van der Waals surface area contributed by atoms with E-state index in [2.05, 4.69) is 0 Å². The molecule has 0 aliphatic carbocycles. The molecule has 0 amide bonds. The molecule has 0 rings (SSSR count). The van der Waals surface area contributed by atoms with E-state index >= 15 is 0 Å². The van der Waals surface area contributed by atoms with E-state index in [1.54, 1.807) is 0 Å². The first-order valence-electron chi connectivity index (χ1n) is 6.45. The molecular weight excluding hydrogens is 1130 g/mol. The molecule has 0 aliphatic heterocycles. The van der Waals surface area contributed by atoms with Crippen LogP contribution in [0.3, 0.4) is 0 Å². The van der Waals surface area contributed by atoms with Gasteiger partial charge in [-0.15, -0.1) is 0 Å². The van der Waals surface area contributed by atoms with Gasteiger partial charge in [0.15, 0.2) is 0 Å². The first-order valence-corrected chi connectivity index (χ1v) is 19.4. The molecule has 27 nitrogen and oxygen atoms in total. The molecule has 0 N–H and O–H groups in total. The Morgan fingerprint density at radius 3 is 0.216 bits per heavy atom. The zero-order chi connectivity index (χ0) is 40.5. The first-order chi connectivity index (χ1) is 18.0. The van der Waals surface area contributed by atoms with Crippen molar-refractivity contribution in [3.05, 3.63) is 0 Å². The van der Waals surface area contributed by atoms with Gasteiger partial charge in [-0.1, -0.05) is 0 Å². The zero-order valence-electron chi connectivity index (χ0n) is 22.2. The van der Waals surface area contributed by atoms with Gasteiger partial charge < -0.3 is 129 Å². The maximum absolute atomic E-state index is 10.1. The fourth-order valence-corrected chi connectivity index (χ4v) is 0. The Hall–Kier alpha value is 4.95. The van der Waals surface area contributed by atoms with Gasteiger partial charge in [0.05, 0.1) is 0 Å². The van der Waals surface area contributed by atoms with E-state index in [-0.39, 0.29) is 131 Å². The van der Waals surface area contributed by atoms with Crippen molar-refractivity contribution < 1.29 is 298 Å². The van der Waals surface area contributed by atoms with Gasteiger partial charge in [0.25, 0.3) is 0 Å². The number of rotatable bonds is 0. The van der Waals surface area contributed by atoms with Crippen molar-refractivity contribution in [1.29, 1.82) is 0 Å². The van der Waals surface area contributed by atoms with E-state index in [0.717, 1.165) is 0 Å². The quantitative estimate of drug-likeness (QED) is 0.123. The van der Waals surface area contributed by atoms with Gasteiger partial charge in [0.1, 0.15) is 71.2 Å². The topological polar surface area (TPSA) is 569 Å². The van der Waals surface area contributed by atoms with E-state index < -0.39 is 71.2 Å². The van der Waals surface area contributed by atoms with Crippen molar-refractivity contribution in [3.8, 4) is 0 Å². The standard InChI is InChI=1S/2Cr.9FH2O3P.2Na.2V/c;;9*1-5(2,3)4;;;;/h;;9*(H2,2,3,4);;;;/q2*+3;;;;;;;;;;2*+1;2*+5/p-18. The average Bonchev–Trinajstić information content (AvgIpc) is 2.26. The second-order valence-corrected chi connectivity index (χ2v) is 11.6. The van der Waals surface area contributed by atoms with Gasteiger partial charge in [0, 0.05) is 0 Å². The summed E-state index contributed by atoms with van der Waals surface area (Å²) in [7, 11) is -50.8. The van der Waals surface area contributed by atoms with Crippen LogP contribution in [0.4, 0.5) is 37.8 Å². The van der Waals surface area contributed by atoms with E-state index in [4.69, 9.17) is 129 Å². The van der Waals surface area contributed by atoms with Crippen molar-refractivity contribution in [1.82, 2.24) is 0 Å². The van der Waals surface area contributed by atoms with Gasteiger partial charge >= 0.3 is 131 Å². The molecule has 0 unspecified atom stereocenters. The first kappa shape index (κ1) is 101. The molecule has 0 saturated heterocycles. The van der Waals surface area contributed by atoms with Crippen LogP contribution in [0.1, 0.15) is 0 Å². The van der Waals surface area contributed by atoms with Crippen LogP contribution >= 0.6 is 71.2 Å². The van der Waals surface area contributed by atoms with E-state index in [0.29, 0.717) is 0 Å². The number of halogens is 9. The zero-order valence-corrected chi connectivity index (χ0v) is 39.6. The van der Waals surface area contributed by atoms with Crippen molar-refractivity contribution in [2.75, 3.05) is 0 Å². The molecule has 0 heterocycles. The summed E-state index contributed by atoms with van der Waals surface area (Å²) in [5, 5.41) is 0. The van der Waals surface area contributed by atoms with Crippen LogP contribution in [0.15, 0.2) is 0 Å². The Labute approximate surface area is 365 Å². The third kappa shape index (κ3) is 6280. The van der Waals surface area contributed by atoms with Gasteiger partial charge in [-0.2, -0.15) is 0 Å². The smallest absolute Gasteiger partial charge is 0.786 e. The number of hydrogen-bond acceptors (Lipinski definition) is 27. The molecule has 2 radical (unpaired) electrons. The monoisotopic (exact) mass is 1130 g/mol. The fraction of sp³-hybridized carbons (Fsp3) is 0. The summed E-state index contributed by atoms with van der Waals surface area (Å²) in [5.74, 6) is 0. The summed E-state index contributed by atoms with van der Waals surface area (Å²) in [6, 6.07) is 0. The predicted octanol–water partition coefficient (Wildman–Crippen LogP) is -16.9. The Kier molecular flexibility index (Phi) is 90.9. The summed E-state index contributed by atoms with van der Waals surface area (Å²) in [5.41, 5.74) is 0. The average molecular weight is 1130 g/mol. The van der Waals surface area contributed by atoms with E-state index in [9.17, 15) is 37.8 Å². The molecule has 0 aliphatic rings. The van der Waals surface area contributed by atoms with Crippen LogP contribution in [-0.4, -0.2) is 0 Å². The summed E-state index contributed by atoms with van der Waals surface area (Å²) < 4.78 is 167. The maximum Gasteiger partial charge on any atom is 5.00 e. The summed E-state index contributed by atoms with van der Waals surface area (Å²) >= 11 is 0. The van der Waals surface area contributed by atoms with Crippen LogP contribution < -0.4 is 147 Å².